The van der Waals surface area contributed by atoms with Crippen molar-refractivity contribution in [3.63, 3.8) is 0 Å². The van der Waals surface area contributed by atoms with Crippen LogP contribution >= 0.6 is 0 Å². The van der Waals surface area contributed by atoms with E-state index in [0.29, 0.717) is 12.0 Å². The van der Waals surface area contributed by atoms with Gasteiger partial charge >= 0.3 is 0 Å². The summed E-state index contributed by atoms with van der Waals surface area (Å²) >= 11 is 0. The highest BCUT2D eigenvalue weighted by Crippen LogP contribution is 2.39. The SMILES string of the molecule is CCN1CCC(CNC)C1c1cccc2cccnc12. The van der Waals surface area contributed by atoms with Crippen molar-refractivity contribution in [1.29, 1.82) is 0 Å². The third-order valence-electron chi connectivity index (χ3n) is 4.48. The van der Waals surface area contributed by atoms with Crippen molar-refractivity contribution < 1.29 is 0 Å². The quantitative estimate of drug-likeness (QED) is 0.925. The summed E-state index contributed by atoms with van der Waals surface area (Å²) in [6.07, 6.45) is 3.17. The second-order valence-corrected chi connectivity index (χ2v) is 5.60. The Balaban J connectivity index is 2.07. The molecule has 1 fully saturated rings. The van der Waals surface area contributed by atoms with Crippen LogP contribution in [-0.4, -0.2) is 36.6 Å². The topological polar surface area (TPSA) is 28.2 Å². The van der Waals surface area contributed by atoms with E-state index in [1.807, 2.05) is 19.3 Å². The molecule has 1 N–H and O–H groups in total. The molecule has 2 atom stereocenters. The fraction of sp³-hybridized carbons (Fsp3) is 0.471. The summed E-state index contributed by atoms with van der Waals surface area (Å²) in [5, 5.41) is 4.60. The molecule has 2 unspecified atom stereocenters. The molecule has 0 aliphatic carbocycles. The Hall–Kier alpha value is -1.45. The highest BCUT2D eigenvalue weighted by Gasteiger charge is 2.34. The zero-order valence-electron chi connectivity index (χ0n) is 12.3. The van der Waals surface area contributed by atoms with Gasteiger partial charge in [-0.05, 0) is 50.7 Å². The lowest BCUT2D eigenvalue weighted by molar-refractivity contribution is 0.239. The van der Waals surface area contributed by atoms with Gasteiger partial charge in [0.1, 0.15) is 0 Å². The number of pyridine rings is 1. The summed E-state index contributed by atoms with van der Waals surface area (Å²) in [5.41, 5.74) is 2.56. The van der Waals surface area contributed by atoms with E-state index in [4.69, 9.17) is 0 Å². The van der Waals surface area contributed by atoms with Crippen LogP contribution in [-0.2, 0) is 0 Å². The average molecular weight is 269 g/mol. The lowest BCUT2D eigenvalue weighted by Gasteiger charge is -2.28. The first-order chi connectivity index (χ1) is 9.85. The fourth-order valence-corrected chi connectivity index (χ4v) is 3.57. The van der Waals surface area contributed by atoms with E-state index in [2.05, 4.69) is 46.4 Å². The molecule has 2 aromatic rings. The molecule has 2 heterocycles. The van der Waals surface area contributed by atoms with Crippen LogP contribution < -0.4 is 5.32 Å². The monoisotopic (exact) mass is 269 g/mol. The van der Waals surface area contributed by atoms with Crippen molar-refractivity contribution in [1.82, 2.24) is 15.2 Å². The van der Waals surface area contributed by atoms with Gasteiger partial charge in [0.25, 0.3) is 0 Å². The van der Waals surface area contributed by atoms with E-state index in [1.54, 1.807) is 0 Å². The maximum Gasteiger partial charge on any atom is 0.0749 e. The summed E-state index contributed by atoms with van der Waals surface area (Å²) < 4.78 is 0. The molecule has 0 bridgehead atoms. The van der Waals surface area contributed by atoms with E-state index in [9.17, 15) is 0 Å². The van der Waals surface area contributed by atoms with Crippen molar-refractivity contribution in [2.75, 3.05) is 26.7 Å². The molecule has 0 spiro atoms. The molecule has 3 nitrogen and oxygen atoms in total. The second kappa shape index (κ2) is 5.90. The van der Waals surface area contributed by atoms with Gasteiger partial charge in [-0.3, -0.25) is 9.88 Å². The highest BCUT2D eigenvalue weighted by atomic mass is 15.2. The minimum Gasteiger partial charge on any atom is -0.319 e. The normalized spacial score (nSPS) is 23.5. The summed E-state index contributed by atoms with van der Waals surface area (Å²) in [6.45, 7) is 5.63. The number of para-hydroxylation sites is 1. The van der Waals surface area contributed by atoms with Crippen LogP contribution in [0.1, 0.15) is 24.9 Å². The van der Waals surface area contributed by atoms with Gasteiger partial charge in [0.15, 0.2) is 0 Å². The van der Waals surface area contributed by atoms with E-state index >= 15 is 0 Å². The minimum absolute atomic E-state index is 0.492. The number of likely N-dealkylation sites (tertiary alicyclic amines) is 1. The first kappa shape index (κ1) is 13.5. The number of fused-ring (bicyclic) bond motifs is 1. The van der Waals surface area contributed by atoms with Gasteiger partial charge in [0, 0.05) is 17.6 Å². The standard InChI is InChI=1S/C17H23N3/c1-3-20-11-9-14(12-18-2)17(20)15-8-4-6-13-7-5-10-19-16(13)15/h4-8,10,14,17-18H,3,9,11-12H2,1-2H3. The largest absolute Gasteiger partial charge is 0.319 e. The van der Waals surface area contributed by atoms with E-state index in [1.165, 1.54) is 29.4 Å². The lowest BCUT2D eigenvalue weighted by atomic mass is 9.92. The maximum absolute atomic E-state index is 4.64. The summed E-state index contributed by atoms with van der Waals surface area (Å²) in [4.78, 5) is 7.23. The van der Waals surface area contributed by atoms with Gasteiger partial charge in [-0.15, -0.1) is 0 Å². The number of benzene rings is 1. The Labute approximate surface area is 121 Å². The maximum atomic E-state index is 4.64. The fourth-order valence-electron chi connectivity index (χ4n) is 3.57. The number of nitrogens with zero attached hydrogens (tertiary/aromatic N) is 2. The molecule has 3 heteroatoms. The van der Waals surface area contributed by atoms with Gasteiger partial charge in [0.2, 0.25) is 0 Å². The van der Waals surface area contributed by atoms with Crippen molar-refractivity contribution in [2.24, 2.45) is 5.92 Å². The van der Waals surface area contributed by atoms with Crippen LogP contribution in [0.5, 0.6) is 0 Å². The van der Waals surface area contributed by atoms with Crippen molar-refractivity contribution in [3.8, 4) is 0 Å². The third-order valence-corrected chi connectivity index (χ3v) is 4.48. The first-order valence-corrected chi connectivity index (χ1v) is 7.57. The zero-order chi connectivity index (χ0) is 13.9. The number of hydrogen-bond acceptors (Lipinski definition) is 3. The molecular weight excluding hydrogens is 246 g/mol. The smallest absolute Gasteiger partial charge is 0.0749 e. The van der Waals surface area contributed by atoms with E-state index in [0.717, 1.165) is 13.1 Å². The number of aromatic nitrogens is 1. The Morgan fingerprint density at radius 3 is 2.95 bits per heavy atom. The Morgan fingerprint density at radius 1 is 1.30 bits per heavy atom. The third kappa shape index (κ3) is 2.32. The van der Waals surface area contributed by atoms with Crippen LogP contribution in [0.4, 0.5) is 0 Å². The Kier molecular flexibility index (Phi) is 3.99. The molecule has 0 saturated carbocycles. The summed E-state index contributed by atoms with van der Waals surface area (Å²) in [6, 6.07) is 11.3. The molecule has 106 valence electrons. The van der Waals surface area contributed by atoms with Crippen LogP contribution in [0.3, 0.4) is 0 Å². The molecule has 1 aromatic carbocycles. The van der Waals surface area contributed by atoms with Crippen molar-refractivity contribution in [2.45, 2.75) is 19.4 Å². The predicted octanol–water partition coefficient (Wildman–Crippen LogP) is 2.84. The molecule has 1 aliphatic heterocycles. The molecular formula is C17H23N3. The minimum atomic E-state index is 0.492. The average Bonchev–Trinajstić information content (AvgIpc) is 2.90. The van der Waals surface area contributed by atoms with Crippen LogP contribution in [0.25, 0.3) is 10.9 Å². The van der Waals surface area contributed by atoms with Gasteiger partial charge < -0.3 is 5.32 Å². The Bertz CT molecular complexity index is 576. The molecule has 1 aromatic heterocycles. The van der Waals surface area contributed by atoms with Crippen LogP contribution in [0.2, 0.25) is 0 Å². The summed E-state index contributed by atoms with van der Waals surface area (Å²) in [7, 11) is 2.05. The Morgan fingerprint density at radius 2 is 2.15 bits per heavy atom. The molecule has 0 amide bonds. The molecule has 0 radical (unpaired) electrons. The molecule has 3 rings (SSSR count). The van der Waals surface area contributed by atoms with Gasteiger partial charge in [-0.2, -0.15) is 0 Å². The molecule has 20 heavy (non-hydrogen) atoms. The van der Waals surface area contributed by atoms with Gasteiger partial charge in [-0.1, -0.05) is 31.2 Å². The van der Waals surface area contributed by atoms with E-state index in [-0.39, 0.29) is 0 Å². The van der Waals surface area contributed by atoms with Crippen molar-refractivity contribution >= 4 is 10.9 Å². The van der Waals surface area contributed by atoms with E-state index < -0.39 is 0 Å². The molecule has 1 saturated heterocycles. The number of rotatable bonds is 4. The zero-order valence-corrected chi connectivity index (χ0v) is 12.3. The van der Waals surface area contributed by atoms with Crippen molar-refractivity contribution in [3.05, 3.63) is 42.1 Å². The second-order valence-electron chi connectivity index (χ2n) is 5.60. The number of hydrogen-bond donors (Lipinski definition) is 1. The highest BCUT2D eigenvalue weighted by molar-refractivity contribution is 5.82. The van der Waals surface area contributed by atoms with Gasteiger partial charge in [0.05, 0.1) is 5.52 Å². The first-order valence-electron chi connectivity index (χ1n) is 7.57. The van der Waals surface area contributed by atoms with Crippen LogP contribution in [0, 0.1) is 5.92 Å². The molecule has 1 aliphatic rings. The lowest BCUT2D eigenvalue weighted by Crippen LogP contribution is -2.29. The number of nitrogens with one attached hydrogen (secondary N) is 1. The summed E-state index contributed by atoms with van der Waals surface area (Å²) in [5.74, 6) is 0.674. The van der Waals surface area contributed by atoms with Crippen LogP contribution in [0.15, 0.2) is 36.5 Å². The van der Waals surface area contributed by atoms with Gasteiger partial charge in [-0.25, -0.2) is 0 Å². The predicted molar refractivity (Wildman–Crippen MR) is 83.8 cm³/mol.